The van der Waals surface area contributed by atoms with Gasteiger partial charge in [-0.05, 0) is 37.5 Å². The van der Waals surface area contributed by atoms with E-state index in [9.17, 15) is 13.6 Å². The monoisotopic (exact) mass is 381 g/mol. The number of hydrogen-bond donors (Lipinski definition) is 0. The van der Waals surface area contributed by atoms with E-state index in [1.807, 2.05) is 0 Å². The average molecular weight is 382 g/mol. The summed E-state index contributed by atoms with van der Waals surface area (Å²) < 4.78 is 48.9. The predicted octanol–water partition coefficient (Wildman–Crippen LogP) is 4.40. The second kappa shape index (κ2) is 6.06. The molecule has 0 bridgehead atoms. The third kappa shape index (κ3) is 2.72. The first-order valence-corrected chi connectivity index (χ1v) is 8.69. The highest BCUT2D eigenvalue weighted by molar-refractivity contribution is 6.30. The number of ketones is 1. The molecule has 1 aliphatic heterocycles. The first-order valence-electron chi connectivity index (χ1n) is 8.31. The number of carbonyl (C=O) groups excluding carboxylic acids is 1. The van der Waals surface area contributed by atoms with Gasteiger partial charge in [0.15, 0.2) is 11.5 Å². The Morgan fingerprint density at radius 2 is 1.96 bits per heavy atom. The highest BCUT2D eigenvalue weighted by atomic mass is 35.5. The van der Waals surface area contributed by atoms with Crippen LogP contribution >= 0.6 is 11.6 Å². The molecule has 1 aliphatic carbocycles. The fourth-order valence-electron chi connectivity index (χ4n) is 3.62. The molecule has 1 saturated heterocycles. The highest BCUT2D eigenvalue weighted by Crippen LogP contribution is 2.53. The van der Waals surface area contributed by atoms with Crippen LogP contribution in [-0.2, 0) is 27.2 Å². The maximum Gasteiger partial charge on any atom is 0.195 e. The van der Waals surface area contributed by atoms with E-state index in [2.05, 4.69) is 4.98 Å². The van der Waals surface area contributed by atoms with E-state index >= 15 is 4.39 Å². The SMILES string of the molecule is O=C(CCc1c(F)cc(Cl)cc1F)[C@]1(F)CC[C@@]2(CO2)c2ncccc21. The second-order valence-electron chi connectivity index (χ2n) is 6.75. The lowest BCUT2D eigenvalue weighted by Gasteiger charge is -2.33. The van der Waals surface area contributed by atoms with E-state index in [0.29, 0.717) is 18.7 Å². The van der Waals surface area contributed by atoms with Crippen molar-refractivity contribution in [2.45, 2.75) is 37.0 Å². The number of halogens is 4. The zero-order chi connectivity index (χ0) is 18.5. The van der Waals surface area contributed by atoms with Crippen LogP contribution in [0, 0.1) is 11.6 Å². The summed E-state index contributed by atoms with van der Waals surface area (Å²) in [4.78, 5) is 16.9. The molecular weight excluding hydrogens is 367 g/mol. The molecule has 2 heterocycles. The van der Waals surface area contributed by atoms with Gasteiger partial charge in [-0.25, -0.2) is 13.2 Å². The Morgan fingerprint density at radius 3 is 2.62 bits per heavy atom. The zero-order valence-electron chi connectivity index (χ0n) is 13.7. The van der Waals surface area contributed by atoms with Gasteiger partial charge < -0.3 is 4.74 Å². The number of pyridine rings is 1. The van der Waals surface area contributed by atoms with Crippen LogP contribution in [0.15, 0.2) is 30.5 Å². The van der Waals surface area contributed by atoms with E-state index in [1.165, 1.54) is 12.3 Å². The second-order valence-corrected chi connectivity index (χ2v) is 7.19. The van der Waals surface area contributed by atoms with Crippen LogP contribution in [0.2, 0.25) is 5.02 Å². The number of benzene rings is 1. The Hall–Kier alpha value is -1.92. The predicted molar refractivity (Wildman–Crippen MR) is 88.6 cm³/mol. The number of fused-ring (bicyclic) bond motifs is 2. The molecule has 1 fully saturated rings. The first kappa shape index (κ1) is 17.5. The van der Waals surface area contributed by atoms with Gasteiger partial charge in [0, 0.05) is 28.8 Å². The normalized spacial score (nSPS) is 26.6. The number of nitrogens with zero attached hydrogens (tertiary/aromatic N) is 1. The van der Waals surface area contributed by atoms with Crippen LogP contribution in [-0.4, -0.2) is 17.4 Å². The molecule has 7 heteroatoms. The van der Waals surface area contributed by atoms with Crippen molar-refractivity contribution in [3.05, 3.63) is 63.9 Å². The molecule has 0 saturated carbocycles. The molecule has 1 spiro atoms. The topological polar surface area (TPSA) is 42.5 Å². The van der Waals surface area contributed by atoms with E-state index in [-0.39, 0.29) is 35.4 Å². The van der Waals surface area contributed by atoms with Crippen molar-refractivity contribution >= 4 is 17.4 Å². The molecule has 2 atom stereocenters. The van der Waals surface area contributed by atoms with Crippen LogP contribution in [0.5, 0.6) is 0 Å². The fourth-order valence-corrected chi connectivity index (χ4v) is 3.81. The van der Waals surface area contributed by atoms with E-state index in [1.54, 1.807) is 6.07 Å². The van der Waals surface area contributed by atoms with E-state index in [0.717, 1.165) is 12.1 Å². The van der Waals surface area contributed by atoms with Crippen molar-refractivity contribution in [1.29, 1.82) is 0 Å². The van der Waals surface area contributed by atoms with Crippen molar-refractivity contribution in [3.63, 3.8) is 0 Å². The minimum atomic E-state index is -2.22. The highest BCUT2D eigenvalue weighted by Gasteiger charge is 2.58. The van der Waals surface area contributed by atoms with Crippen LogP contribution < -0.4 is 0 Å². The van der Waals surface area contributed by atoms with Gasteiger partial charge in [-0.3, -0.25) is 9.78 Å². The summed E-state index contributed by atoms with van der Waals surface area (Å²) >= 11 is 5.59. The minimum Gasteiger partial charge on any atom is -0.363 e. The van der Waals surface area contributed by atoms with Crippen LogP contribution in [0.1, 0.15) is 36.1 Å². The summed E-state index contributed by atoms with van der Waals surface area (Å²) in [6.45, 7) is 0.461. The van der Waals surface area contributed by atoms with Gasteiger partial charge in [-0.15, -0.1) is 0 Å². The van der Waals surface area contributed by atoms with Crippen molar-refractivity contribution < 1.29 is 22.7 Å². The Morgan fingerprint density at radius 1 is 1.27 bits per heavy atom. The number of ether oxygens (including phenoxy) is 1. The Kier molecular flexibility index (Phi) is 4.08. The number of aromatic nitrogens is 1. The molecular formula is C19H15ClF3NO2. The lowest BCUT2D eigenvalue weighted by molar-refractivity contribution is -0.132. The van der Waals surface area contributed by atoms with Crippen molar-refractivity contribution in [2.75, 3.05) is 6.61 Å². The molecule has 2 aromatic rings. The Labute approximate surface area is 153 Å². The minimum absolute atomic E-state index is 0.0316. The van der Waals surface area contributed by atoms with Gasteiger partial charge in [0.05, 0.1) is 12.3 Å². The quantitative estimate of drug-likeness (QED) is 0.737. The molecule has 0 N–H and O–H groups in total. The maximum atomic E-state index is 15.6. The number of Topliss-reactive ketones (excluding diaryl/α,β-unsaturated/α-hetero) is 1. The van der Waals surface area contributed by atoms with Crippen molar-refractivity contribution in [2.24, 2.45) is 0 Å². The van der Waals surface area contributed by atoms with Crippen LogP contribution in [0.25, 0.3) is 0 Å². The largest absolute Gasteiger partial charge is 0.363 e. The summed E-state index contributed by atoms with van der Waals surface area (Å²) in [7, 11) is 0. The fraction of sp³-hybridized carbons (Fsp3) is 0.368. The number of hydrogen-bond acceptors (Lipinski definition) is 3. The lowest BCUT2D eigenvalue weighted by atomic mass is 9.74. The third-order valence-corrected chi connectivity index (χ3v) is 5.40. The number of rotatable bonds is 4. The van der Waals surface area contributed by atoms with Gasteiger partial charge in [0.1, 0.15) is 17.2 Å². The molecule has 1 aromatic carbocycles. The van der Waals surface area contributed by atoms with Crippen molar-refractivity contribution in [1.82, 2.24) is 4.98 Å². The molecule has 1 aromatic heterocycles. The first-order chi connectivity index (χ1) is 12.4. The molecule has 136 valence electrons. The summed E-state index contributed by atoms with van der Waals surface area (Å²) in [5.74, 6) is -2.39. The molecule has 4 rings (SSSR count). The number of carbonyl (C=O) groups is 1. The molecule has 26 heavy (non-hydrogen) atoms. The average Bonchev–Trinajstić information content (AvgIpc) is 3.38. The van der Waals surface area contributed by atoms with Gasteiger partial charge in [-0.1, -0.05) is 17.7 Å². The third-order valence-electron chi connectivity index (χ3n) is 5.18. The molecule has 0 amide bonds. The summed E-state index contributed by atoms with van der Waals surface area (Å²) in [5.41, 5.74) is -2.42. The van der Waals surface area contributed by atoms with E-state index < -0.39 is 28.7 Å². The summed E-state index contributed by atoms with van der Waals surface area (Å²) in [6, 6.07) is 5.06. The van der Waals surface area contributed by atoms with Crippen LogP contribution in [0.3, 0.4) is 0 Å². The van der Waals surface area contributed by atoms with Gasteiger partial charge in [0.2, 0.25) is 0 Å². The van der Waals surface area contributed by atoms with Crippen molar-refractivity contribution in [3.8, 4) is 0 Å². The molecule has 0 radical (unpaired) electrons. The lowest BCUT2D eigenvalue weighted by Crippen LogP contribution is -2.39. The van der Waals surface area contributed by atoms with E-state index in [4.69, 9.17) is 16.3 Å². The Bertz CT molecular complexity index is 877. The van der Waals surface area contributed by atoms with Gasteiger partial charge in [-0.2, -0.15) is 0 Å². The standard InChI is InChI=1S/C19H15ClF3NO2/c20-11-8-14(21)12(15(22)9-11)3-4-16(25)19(23)6-5-18(10-26-18)17-13(19)2-1-7-24-17/h1-2,7-9H,3-6,10H2/t18-,19+/m1/s1. The summed E-state index contributed by atoms with van der Waals surface area (Å²) in [5, 5.41) is -0.0703. The molecule has 3 nitrogen and oxygen atoms in total. The van der Waals surface area contributed by atoms with Crippen LogP contribution in [0.4, 0.5) is 13.2 Å². The van der Waals surface area contributed by atoms with Gasteiger partial charge >= 0.3 is 0 Å². The number of epoxide rings is 1. The maximum absolute atomic E-state index is 15.6. The number of alkyl halides is 1. The van der Waals surface area contributed by atoms with Gasteiger partial charge in [0.25, 0.3) is 0 Å². The zero-order valence-corrected chi connectivity index (χ0v) is 14.5. The molecule has 0 unspecified atom stereocenters. The smallest absolute Gasteiger partial charge is 0.195 e. The molecule has 2 aliphatic rings. The Balaban J connectivity index is 1.59. The summed E-state index contributed by atoms with van der Waals surface area (Å²) in [6.07, 6.45) is 1.29.